The fourth-order valence-electron chi connectivity index (χ4n) is 3.43. The summed E-state index contributed by atoms with van der Waals surface area (Å²) in [7, 11) is 0. The molecule has 0 saturated heterocycles. The molecule has 1 aromatic rings. The number of hydrogen-bond acceptors (Lipinski definition) is 6. The van der Waals surface area contributed by atoms with Crippen LogP contribution in [0.2, 0.25) is 0 Å². The van der Waals surface area contributed by atoms with Crippen LogP contribution in [0.15, 0.2) is 18.2 Å². The summed E-state index contributed by atoms with van der Waals surface area (Å²) in [6.07, 6.45) is 1.22. The molecule has 1 aromatic carbocycles. The van der Waals surface area contributed by atoms with E-state index in [0.29, 0.717) is 19.3 Å². The summed E-state index contributed by atoms with van der Waals surface area (Å²) in [6, 6.07) is 2.65. The van der Waals surface area contributed by atoms with Crippen molar-refractivity contribution in [1.29, 1.82) is 0 Å². The van der Waals surface area contributed by atoms with Gasteiger partial charge in [0.15, 0.2) is 17.3 Å². The Hall–Kier alpha value is -3.16. The summed E-state index contributed by atoms with van der Waals surface area (Å²) in [4.78, 5) is 73.8. The zero-order chi connectivity index (χ0) is 25.3. The standard InChI is InChI=1S/C25H34N2O6/c1-7-17(14(4)28)13-23(31)18-10-19(24(32)26-21(8-2)15(5)29)12-20(11-18)25(33)27-22(9-3)16(6)30/h10-12,17,21-22H,7-9,13H2,1-6H3,(H,26,32)(H,27,33). The smallest absolute Gasteiger partial charge is 0.251 e. The van der Waals surface area contributed by atoms with Gasteiger partial charge in [-0.1, -0.05) is 20.8 Å². The largest absolute Gasteiger partial charge is 0.342 e. The van der Waals surface area contributed by atoms with E-state index < -0.39 is 29.8 Å². The van der Waals surface area contributed by atoms with Crippen LogP contribution in [-0.2, 0) is 14.4 Å². The van der Waals surface area contributed by atoms with Gasteiger partial charge in [-0.15, -0.1) is 0 Å². The lowest BCUT2D eigenvalue weighted by Crippen LogP contribution is -2.40. The fourth-order valence-corrected chi connectivity index (χ4v) is 3.43. The third-order valence-electron chi connectivity index (χ3n) is 5.69. The highest BCUT2D eigenvalue weighted by Crippen LogP contribution is 2.18. The van der Waals surface area contributed by atoms with Crippen molar-refractivity contribution in [3.8, 4) is 0 Å². The lowest BCUT2D eigenvalue weighted by molar-refractivity contribution is -0.121. The van der Waals surface area contributed by atoms with Crippen LogP contribution < -0.4 is 10.6 Å². The van der Waals surface area contributed by atoms with Gasteiger partial charge in [0.1, 0.15) is 5.78 Å². The van der Waals surface area contributed by atoms with E-state index in [2.05, 4.69) is 10.6 Å². The number of rotatable bonds is 13. The van der Waals surface area contributed by atoms with Crippen molar-refractivity contribution in [2.45, 2.75) is 79.3 Å². The van der Waals surface area contributed by atoms with Crippen LogP contribution in [0.25, 0.3) is 0 Å². The first-order valence-electron chi connectivity index (χ1n) is 11.3. The molecule has 33 heavy (non-hydrogen) atoms. The van der Waals surface area contributed by atoms with Gasteiger partial charge in [0.05, 0.1) is 12.1 Å². The summed E-state index contributed by atoms with van der Waals surface area (Å²) in [6.45, 7) is 9.47. The second-order valence-corrected chi connectivity index (χ2v) is 8.23. The Kier molecular flexibility index (Phi) is 10.8. The van der Waals surface area contributed by atoms with Crippen molar-refractivity contribution in [2.24, 2.45) is 5.92 Å². The number of benzene rings is 1. The molecule has 8 heteroatoms. The maximum absolute atomic E-state index is 12.9. The highest BCUT2D eigenvalue weighted by molar-refractivity contribution is 6.07. The Bertz CT molecular complexity index is 806. The summed E-state index contributed by atoms with van der Waals surface area (Å²) < 4.78 is 0. The van der Waals surface area contributed by atoms with Gasteiger partial charge in [0.2, 0.25) is 0 Å². The molecule has 0 aliphatic rings. The van der Waals surface area contributed by atoms with Crippen LogP contribution in [0.3, 0.4) is 0 Å². The minimum atomic E-state index is -0.696. The lowest BCUT2D eigenvalue weighted by atomic mass is 9.91. The highest BCUT2D eigenvalue weighted by Gasteiger charge is 2.23. The molecule has 0 heterocycles. The maximum atomic E-state index is 12.9. The van der Waals surface area contributed by atoms with Crippen LogP contribution in [0.1, 0.15) is 98.3 Å². The Balaban J connectivity index is 3.40. The number of Topliss-reactive ketones (excluding diaryl/α,β-unsaturated/α-hetero) is 4. The van der Waals surface area contributed by atoms with Gasteiger partial charge in [-0.25, -0.2) is 0 Å². The van der Waals surface area contributed by atoms with Crippen molar-refractivity contribution in [3.63, 3.8) is 0 Å². The number of carbonyl (C=O) groups excluding carboxylic acids is 6. The van der Waals surface area contributed by atoms with Gasteiger partial charge in [-0.3, -0.25) is 28.8 Å². The zero-order valence-electron chi connectivity index (χ0n) is 20.2. The predicted octanol–water partition coefficient (Wildman–Crippen LogP) is 3.07. The third kappa shape index (κ3) is 8.04. The molecular weight excluding hydrogens is 424 g/mol. The molecule has 180 valence electrons. The summed E-state index contributed by atoms with van der Waals surface area (Å²) in [5.41, 5.74) is 0.189. The van der Waals surface area contributed by atoms with Crippen LogP contribution >= 0.6 is 0 Å². The highest BCUT2D eigenvalue weighted by atomic mass is 16.2. The van der Waals surface area contributed by atoms with Crippen molar-refractivity contribution < 1.29 is 28.8 Å². The van der Waals surface area contributed by atoms with Gasteiger partial charge in [0.25, 0.3) is 11.8 Å². The van der Waals surface area contributed by atoms with Crippen LogP contribution in [-0.4, -0.2) is 47.0 Å². The van der Waals surface area contributed by atoms with Crippen molar-refractivity contribution in [1.82, 2.24) is 10.6 Å². The summed E-state index contributed by atoms with van der Waals surface area (Å²) in [5, 5.41) is 5.23. The van der Waals surface area contributed by atoms with Gasteiger partial charge in [0, 0.05) is 29.0 Å². The van der Waals surface area contributed by atoms with Crippen molar-refractivity contribution in [3.05, 3.63) is 34.9 Å². The Morgan fingerprint density at radius 3 is 1.33 bits per heavy atom. The van der Waals surface area contributed by atoms with E-state index in [1.165, 1.54) is 39.0 Å². The molecule has 8 nitrogen and oxygen atoms in total. The molecule has 0 bridgehead atoms. The molecule has 0 aliphatic carbocycles. The van der Waals surface area contributed by atoms with E-state index >= 15 is 0 Å². The van der Waals surface area contributed by atoms with Gasteiger partial charge < -0.3 is 10.6 Å². The van der Waals surface area contributed by atoms with Crippen LogP contribution in [0.5, 0.6) is 0 Å². The van der Waals surface area contributed by atoms with Gasteiger partial charge in [-0.05, 0) is 58.2 Å². The first-order chi connectivity index (χ1) is 15.4. The quantitative estimate of drug-likeness (QED) is 0.438. The van der Waals surface area contributed by atoms with E-state index in [4.69, 9.17) is 0 Å². The van der Waals surface area contributed by atoms with Crippen LogP contribution in [0, 0.1) is 5.92 Å². The normalized spacial score (nSPS) is 13.4. The van der Waals surface area contributed by atoms with Gasteiger partial charge in [-0.2, -0.15) is 0 Å². The summed E-state index contributed by atoms with van der Waals surface area (Å²) >= 11 is 0. The second kappa shape index (κ2) is 12.8. The molecule has 0 aliphatic heterocycles. The number of hydrogen-bond donors (Lipinski definition) is 2. The number of ketones is 4. The molecule has 0 aromatic heterocycles. The fraction of sp³-hybridized carbons (Fsp3) is 0.520. The molecule has 3 atom stereocenters. The SMILES string of the molecule is CCC(CC(=O)c1cc(C(=O)NC(CC)C(C)=O)cc(C(=O)NC(CC)C(C)=O)c1)C(C)=O. The molecule has 1 rings (SSSR count). The Labute approximate surface area is 194 Å². The van der Waals surface area contributed by atoms with E-state index in [-0.39, 0.29) is 46.2 Å². The first-order valence-corrected chi connectivity index (χ1v) is 11.3. The molecule has 2 amide bonds. The molecule has 0 fully saturated rings. The average Bonchev–Trinajstić information content (AvgIpc) is 2.77. The molecular formula is C25H34N2O6. The Morgan fingerprint density at radius 2 is 1.03 bits per heavy atom. The molecule has 0 radical (unpaired) electrons. The average molecular weight is 459 g/mol. The van der Waals surface area contributed by atoms with E-state index in [1.807, 2.05) is 0 Å². The third-order valence-corrected chi connectivity index (χ3v) is 5.69. The molecule has 0 saturated carbocycles. The minimum Gasteiger partial charge on any atom is -0.342 e. The van der Waals surface area contributed by atoms with Crippen LogP contribution in [0.4, 0.5) is 0 Å². The van der Waals surface area contributed by atoms with E-state index in [9.17, 15) is 28.8 Å². The second-order valence-electron chi connectivity index (χ2n) is 8.23. The monoisotopic (exact) mass is 458 g/mol. The maximum Gasteiger partial charge on any atom is 0.251 e. The van der Waals surface area contributed by atoms with Crippen molar-refractivity contribution >= 4 is 34.9 Å². The molecule has 3 unspecified atom stereocenters. The van der Waals surface area contributed by atoms with Gasteiger partial charge >= 0.3 is 0 Å². The Morgan fingerprint density at radius 1 is 0.636 bits per heavy atom. The lowest BCUT2D eigenvalue weighted by Gasteiger charge is -2.17. The minimum absolute atomic E-state index is 0.0393. The topological polar surface area (TPSA) is 126 Å². The molecule has 2 N–H and O–H groups in total. The number of carbonyl (C=O) groups is 6. The first kappa shape index (κ1) is 27.9. The number of amides is 2. The summed E-state index contributed by atoms with van der Waals surface area (Å²) in [5.74, 6) is -2.58. The predicted molar refractivity (Wildman–Crippen MR) is 124 cm³/mol. The van der Waals surface area contributed by atoms with E-state index in [1.54, 1.807) is 20.8 Å². The zero-order valence-corrected chi connectivity index (χ0v) is 20.2. The molecule has 0 spiro atoms. The van der Waals surface area contributed by atoms with Crippen molar-refractivity contribution in [2.75, 3.05) is 0 Å². The number of nitrogens with one attached hydrogen (secondary N) is 2. The van der Waals surface area contributed by atoms with E-state index in [0.717, 1.165) is 0 Å².